The zero-order valence-corrected chi connectivity index (χ0v) is 18.2. The topological polar surface area (TPSA) is 103 Å². The van der Waals surface area contributed by atoms with Crippen LogP contribution in [0.3, 0.4) is 0 Å². The monoisotopic (exact) mass is 444 g/mol. The lowest BCUT2D eigenvalue weighted by Gasteiger charge is -2.33. The Bertz CT molecular complexity index is 1180. The summed E-state index contributed by atoms with van der Waals surface area (Å²) in [4.78, 5) is 14.6. The molecule has 4 rings (SSSR count). The van der Waals surface area contributed by atoms with Gasteiger partial charge in [0.05, 0.1) is 6.20 Å². The Balaban J connectivity index is 1.34. The number of carbonyl (C=O) groups is 1. The Kier molecular flexibility index (Phi) is 5.79. The van der Waals surface area contributed by atoms with E-state index in [-0.39, 0.29) is 30.6 Å². The molecule has 0 atom stereocenters. The molecule has 31 heavy (non-hydrogen) atoms. The molecule has 0 N–H and O–H groups in total. The van der Waals surface area contributed by atoms with E-state index < -0.39 is 10.0 Å². The highest BCUT2D eigenvalue weighted by atomic mass is 32.2. The summed E-state index contributed by atoms with van der Waals surface area (Å²) in [5.74, 6) is 0.532. The van der Waals surface area contributed by atoms with Crippen molar-refractivity contribution in [2.45, 2.75) is 18.6 Å². The van der Waals surface area contributed by atoms with Crippen molar-refractivity contribution in [3.63, 3.8) is 0 Å². The summed E-state index contributed by atoms with van der Waals surface area (Å²) in [5.41, 5.74) is 1.32. The van der Waals surface area contributed by atoms with Crippen molar-refractivity contribution in [2.24, 2.45) is 7.05 Å². The normalized spacial score (nSPS) is 15.2. The molecular formula is C20H24N6O4S. The van der Waals surface area contributed by atoms with Crippen LogP contribution in [-0.2, 0) is 23.8 Å². The lowest BCUT2D eigenvalue weighted by Crippen LogP contribution is -2.50. The fourth-order valence-electron chi connectivity index (χ4n) is 3.38. The van der Waals surface area contributed by atoms with Crippen molar-refractivity contribution >= 4 is 15.9 Å². The second kappa shape index (κ2) is 8.52. The molecule has 1 saturated heterocycles. The first kappa shape index (κ1) is 21.1. The van der Waals surface area contributed by atoms with Gasteiger partial charge in [0, 0.05) is 45.6 Å². The van der Waals surface area contributed by atoms with Crippen LogP contribution in [0, 0.1) is 6.92 Å². The highest BCUT2D eigenvalue weighted by Gasteiger charge is 2.31. The van der Waals surface area contributed by atoms with Gasteiger partial charge in [0.25, 0.3) is 5.91 Å². The molecule has 10 nitrogen and oxygen atoms in total. The van der Waals surface area contributed by atoms with Gasteiger partial charge < -0.3 is 9.64 Å². The van der Waals surface area contributed by atoms with Gasteiger partial charge in [0.1, 0.15) is 10.6 Å². The number of sulfonamides is 1. The number of ether oxygens (including phenoxy) is 1. The predicted molar refractivity (Wildman–Crippen MR) is 112 cm³/mol. The molecule has 0 radical (unpaired) electrons. The van der Waals surface area contributed by atoms with Crippen LogP contribution in [0.1, 0.15) is 16.1 Å². The summed E-state index contributed by atoms with van der Waals surface area (Å²) < 4.78 is 35.5. The minimum atomic E-state index is -3.61. The van der Waals surface area contributed by atoms with E-state index in [9.17, 15) is 13.2 Å². The molecule has 1 aliphatic heterocycles. The fraction of sp³-hybridized carbons (Fsp3) is 0.350. The standard InChI is InChI=1S/C20H24N6O4S/c1-16-5-3-4-6-19(16)30-15-25-8-7-18(22-25)20(27)24-9-11-26(12-10-24)31(28,29)17-13-21-23(2)14-17/h3-8,13-14H,9-12,15H2,1-2H3. The summed E-state index contributed by atoms with van der Waals surface area (Å²) in [6, 6.07) is 9.32. The van der Waals surface area contributed by atoms with Crippen molar-refractivity contribution in [3.8, 4) is 5.75 Å². The minimum Gasteiger partial charge on any atom is -0.471 e. The van der Waals surface area contributed by atoms with Crippen molar-refractivity contribution in [2.75, 3.05) is 26.2 Å². The number of hydrogen-bond acceptors (Lipinski definition) is 6. The molecule has 164 valence electrons. The van der Waals surface area contributed by atoms with Gasteiger partial charge in [0.2, 0.25) is 10.0 Å². The number of piperazine rings is 1. The van der Waals surface area contributed by atoms with E-state index in [1.165, 1.54) is 21.4 Å². The Morgan fingerprint density at radius 1 is 1.13 bits per heavy atom. The molecule has 0 saturated carbocycles. The van der Waals surface area contributed by atoms with Gasteiger partial charge in [-0.1, -0.05) is 18.2 Å². The van der Waals surface area contributed by atoms with E-state index in [0.717, 1.165) is 11.3 Å². The number of benzene rings is 1. The first-order chi connectivity index (χ1) is 14.8. The zero-order valence-electron chi connectivity index (χ0n) is 17.4. The maximum Gasteiger partial charge on any atom is 0.274 e. The van der Waals surface area contributed by atoms with Gasteiger partial charge >= 0.3 is 0 Å². The van der Waals surface area contributed by atoms with Crippen molar-refractivity contribution in [1.29, 1.82) is 0 Å². The van der Waals surface area contributed by atoms with Gasteiger partial charge in [-0.05, 0) is 24.6 Å². The average molecular weight is 445 g/mol. The Labute approximate surface area is 180 Å². The smallest absolute Gasteiger partial charge is 0.274 e. The molecule has 1 fully saturated rings. The van der Waals surface area contributed by atoms with Crippen LogP contribution in [0.4, 0.5) is 0 Å². The van der Waals surface area contributed by atoms with Gasteiger partial charge in [-0.25, -0.2) is 13.1 Å². The van der Waals surface area contributed by atoms with Crippen LogP contribution in [0.25, 0.3) is 0 Å². The molecule has 1 aromatic carbocycles. The SMILES string of the molecule is Cc1ccccc1OCn1ccc(C(=O)N2CCN(S(=O)(=O)c3cnn(C)c3)CC2)n1. The molecule has 2 aromatic heterocycles. The summed E-state index contributed by atoms with van der Waals surface area (Å²) in [5, 5.41) is 8.23. The second-order valence-corrected chi connectivity index (χ2v) is 9.26. The number of amides is 1. The molecule has 0 unspecified atom stereocenters. The maximum atomic E-state index is 12.8. The molecular weight excluding hydrogens is 420 g/mol. The van der Waals surface area contributed by atoms with Crippen LogP contribution in [0.5, 0.6) is 5.75 Å². The largest absolute Gasteiger partial charge is 0.471 e. The molecule has 0 bridgehead atoms. The van der Waals surface area contributed by atoms with E-state index in [4.69, 9.17) is 4.74 Å². The fourth-order valence-corrected chi connectivity index (χ4v) is 4.78. The van der Waals surface area contributed by atoms with Crippen molar-refractivity contribution in [1.82, 2.24) is 28.8 Å². The van der Waals surface area contributed by atoms with Gasteiger partial charge in [-0.3, -0.25) is 9.48 Å². The number of hydrogen-bond donors (Lipinski definition) is 0. The molecule has 3 heterocycles. The molecule has 3 aromatic rings. The van der Waals surface area contributed by atoms with E-state index in [2.05, 4.69) is 10.2 Å². The van der Waals surface area contributed by atoms with E-state index >= 15 is 0 Å². The van der Waals surface area contributed by atoms with E-state index in [1.54, 1.807) is 28.9 Å². The number of aromatic nitrogens is 4. The zero-order chi connectivity index (χ0) is 22.0. The Morgan fingerprint density at radius 2 is 1.87 bits per heavy atom. The van der Waals surface area contributed by atoms with Crippen LogP contribution in [0.2, 0.25) is 0 Å². The lowest BCUT2D eigenvalue weighted by atomic mass is 10.2. The predicted octanol–water partition coefficient (Wildman–Crippen LogP) is 1.11. The van der Waals surface area contributed by atoms with Crippen molar-refractivity contribution in [3.05, 3.63) is 60.2 Å². The number of nitrogens with zero attached hydrogens (tertiary/aromatic N) is 6. The van der Waals surface area contributed by atoms with Crippen LogP contribution >= 0.6 is 0 Å². The lowest BCUT2D eigenvalue weighted by molar-refractivity contribution is 0.0690. The quantitative estimate of drug-likeness (QED) is 0.564. The number of rotatable bonds is 6. The van der Waals surface area contributed by atoms with E-state index in [0.29, 0.717) is 18.8 Å². The highest BCUT2D eigenvalue weighted by molar-refractivity contribution is 7.89. The number of para-hydroxylation sites is 1. The van der Waals surface area contributed by atoms with Gasteiger partial charge in [0.15, 0.2) is 12.4 Å². The third-order valence-corrected chi connectivity index (χ3v) is 7.00. The van der Waals surface area contributed by atoms with Crippen molar-refractivity contribution < 1.29 is 17.9 Å². The first-order valence-corrected chi connectivity index (χ1v) is 11.3. The average Bonchev–Trinajstić information content (AvgIpc) is 3.42. The summed E-state index contributed by atoms with van der Waals surface area (Å²) in [6.07, 6.45) is 4.49. The molecule has 11 heteroatoms. The number of aryl methyl sites for hydroxylation is 2. The highest BCUT2D eigenvalue weighted by Crippen LogP contribution is 2.18. The molecule has 1 aliphatic rings. The third-order valence-electron chi connectivity index (χ3n) is 5.15. The Morgan fingerprint density at radius 3 is 2.55 bits per heavy atom. The van der Waals surface area contributed by atoms with Crippen LogP contribution in [-0.4, -0.2) is 69.3 Å². The maximum absolute atomic E-state index is 12.8. The van der Waals surface area contributed by atoms with Crippen LogP contribution in [0.15, 0.2) is 53.8 Å². The summed E-state index contributed by atoms with van der Waals surface area (Å²) in [6.45, 7) is 3.19. The first-order valence-electron chi connectivity index (χ1n) is 9.84. The minimum absolute atomic E-state index is 0.155. The number of carbonyl (C=O) groups excluding carboxylic acids is 1. The summed E-state index contributed by atoms with van der Waals surface area (Å²) in [7, 11) is -1.94. The third kappa shape index (κ3) is 4.47. The Hall–Kier alpha value is -3.18. The molecule has 1 amide bonds. The van der Waals surface area contributed by atoms with Gasteiger partial charge in [-0.15, -0.1) is 0 Å². The molecule has 0 aliphatic carbocycles. The summed E-state index contributed by atoms with van der Waals surface area (Å²) >= 11 is 0. The van der Waals surface area contributed by atoms with E-state index in [1.807, 2.05) is 31.2 Å². The molecule has 0 spiro atoms. The van der Waals surface area contributed by atoms with Crippen LogP contribution < -0.4 is 4.74 Å². The second-order valence-electron chi connectivity index (χ2n) is 7.33. The van der Waals surface area contributed by atoms with Gasteiger partial charge in [-0.2, -0.15) is 14.5 Å².